The van der Waals surface area contributed by atoms with Crippen LogP contribution in [0.4, 0.5) is 0 Å². The van der Waals surface area contributed by atoms with Gasteiger partial charge in [-0.25, -0.2) is 0 Å². The van der Waals surface area contributed by atoms with Gasteiger partial charge in [0.25, 0.3) is 0 Å². The largest absolute Gasteiger partial charge is 0.316 e. The zero-order valence-corrected chi connectivity index (χ0v) is 13.8. The van der Waals surface area contributed by atoms with Gasteiger partial charge in [0.2, 0.25) is 0 Å². The van der Waals surface area contributed by atoms with E-state index >= 15 is 0 Å². The van der Waals surface area contributed by atoms with Gasteiger partial charge in [-0.3, -0.25) is 0 Å². The molecule has 1 fully saturated rings. The number of hydrogen-bond acceptors (Lipinski definition) is 1. The summed E-state index contributed by atoms with van der Waals surface area (Å²) in [6.45, 7) is 4.42. The summed E-state index contributed by atoms with van der Waals surface area (Å²) in [6.07, 6.45) is 7.75. The first-order valence-electron chi connectivity index (χ1n) is 7.86. The highest BCUT2D eigenvalue weighted by atomic mass is 35.5. The summed E-state index contributed by atoms with van der Waals surface area (Å²) in [5.41, 5.74) is 1.20. The topological polar surface area (TPSA) is 12.0 Å². The molecule has 3 heteroatoms. The number of halogens is 2. The molecule has 112 valence electrons. The van der Waals surface area contributed by atoms with Gasteiger partial charge < -0.3 is 5.32 Å². The lowest BCUT2D eigenvalue weighted by Gasteiger charge is -2.24. The number of hydrogen-bond donors (Lipinski definition) is 1. The van der Waals surface area contributed by atoms with E-state index in [0.717, 1.165) is 30.5 Å². The fraction of sp³-hybridized carbons (Fsp3) is 0.647. The zero-order chi connectivity index (χ0) is 14.4. The van der Waals surface area contributed by atoms with Crippen LogP contribution < -0.4 is 5.32 Å². The summed E-state index contributed by atoms with van der Waals surface area (Å²) in [6, 6.07) is 6.00. The molecule has 1 unspecified atom stereocenters. The maximum Gasteiger partial charge on any atom is 0.0624 e. The van der Waals surface area contributed by atoms with Gasteiger partial charge in [0.1, 0.15) is 0 Å². The van der Waals surface area contributed by atoms with Crippen LogP contribution in [0.2, 0.25) is 10.0 Å². The molecule has 0 saturated heterocycles. The molecule has 1 atom stereocenters. The summed E-state index contributed by atoms with van der Waals surface area (Å²) >= 11 is 12.5. The molecule has 0 spiro atoms. The normalized spacial score (nSPS) is 17.6. The predicted octanol–water partition coefficient (Wildman–Crippen LogP) is 5.34. The lowest BCUT2D eigenvalue weighted by Crippen LogP contribution is -2.29. The van der Waals surface area contributed by atoms with Gasteiger partial charge in [0.05, 0.1) is 10.0 Å². The molecule has 1 nitrogen and oxygen atoms in total. The van der Waals surface area contributed by atoms with Crippen molar-refractivity contribution in [3.05, 3.63) is 33.8 Å². The lowest BCUT2D eigenvalue weighted by molar-refractivity contribution is 0.321. The fourth-order valence-corrected chi connectivity index (χ4v) is 3.68. The minimum atomic E-state index is 0.677. The Labute approximate surface area is 133 Å². The van der Waals surface area contributed by atoms with Crippen molar-refractivity contribution in [3.8, 4) is 0 Å². The van der Waals surface area contributed by atoms with Gasteiger partial charge >= 0.3 is 0 Å². The van der Waals surface area contributed by atoms with Crippen molar-refractivity contribution in [2.45, 2.75) is 45.4 Å². The molecule has 1 aliphatic carbocycles. The Morgan fingerprint density at radius 1 is 1.25 bits per heavy atom. The maximum atomic E-state index is 6.35. The van der Waals surface area contributed by atoms with Gasteiger partial charge in [-0.1, -0.05) is 67.9 Å². The minimum Gasteiger partial charge on any atom is -0.316 e. The molecule has 1 saturated carbocycles. The molecule has 2 rings (SSSR count). The van der Waals surface area contributed by atoms with Crippen LogP contribution >= 0.6 is 23.2 Å². The van der Waals surface area contributed by atoms with Crippen LogP contribution in [0.1, 0.15) is 44.6 Å². The van der Waals surface area contributed by atoms with Crippen LogP contribution in [0.3, 0.4) is 0 Å². The van der Waals surface area contributed by atoms with Gasteiger partial charge in [0, 0.05) is 0 Å². The number of nitrogens with one attached hydrogen (secondary N) is 1. The SMILES string of the molecule is CCCNCC(Cc1cccc(Cl)c1Cl)C1CCCC1. The average Bonchev–Trinajstić information content (AvgIpc) is 2.96. The Bertz CT molecular complexity index is 413. The second-order valence-corrected chi connectivity index (χ2v) is 6.71. The molecule has 1 N–H and O–H groups in total. The Morgan fingerprint density at radius 3 is 2.70 bits per heavy atom. The second-order valence-electron chi connectivity index (χ2n) is 5.93. The molecule has 0 bridgehead atoms. The predicted molar refractivity (Wildman–Crippen MR) is 88.8 cm³/mol. The Balaban J connectivity index is 2.03. The van der Waals surface area contributed by atoms with Gasteiger partial charge in [-0.15, -0.1) is 0 Å². The van der Waals surface area contributed by atoms with Crippen molar-refractivity contribution in [1.29, 1.82) is 0 Å². The van der Waals surface area contributed by atoms with Gasteiger partial charge in [0.15, 0.2) is 0 Å². The van der Waals surface area contributed by atoms with Crippen molar-refractivity contribution >= 4 is 23.2 Å². The Hall–Kier alpha value is -0.240. The highest BCUT2D eigenvalue weighted by Crippen LogP contribution is 2.35. The third-order valence-electron chi connectivity index (χ3n) is 4.41. The molecule has 0 radical (unpaired) electrons. The molecular formula is C17H25Cl2N. The molecule has 0 heterocycles. The van der Waals surface area contributed by atoms with E-state index in [4.69, 9.17) is 23.2 Å². The molecule has 0 aromatic heterocycles. The van der Waals surface area contributed by atoms with Crippen LogP contribution in [0.5, 0.6) is 0 Å². The first-order valence-corrected chi connectivity index (χ1v) is 8.61. The van der Waals surface area contributed by atoms with Crippen molar-refractivity contribution in [2.75, 3.05) is 13.1 Å². The van der Waals surface area contributed by atoms with E-state index in [-0.39, 0.29) is 0 Å². The smallest absolute Gasteiger partial charge is 0.0624 e. The minimum absolute atomic E-state index is 0.677. The van der Waals surface area contributed by atoms with E-state index in [1.807, 2.05) is 12.1 Å². The molecule has 1 aromatic rings. The fourth-order valence-electron chi connectivity index (χ4n) is 3.29. The Morgan fingerprint density at radius 2 is 2.00 bits per heavy atom. The highest BCUT2D eigenvalue weighted by molar-refractivity contribution is 6.42. The van der Waals surface area contributed by atoms with E-state index in [2.05, 4.69) is 18.3 Å². The van der Waals surface area contributed by atoms with Crippen molar-refractivity contribution in [1.82, 2.24) is 5.32 Å². The quantitative estimate of drug-likeness (QED) is 0.670. The second kappa shape index (κ2) is 8.26. The zero-order valence-electron chi connectivity index (χ0n) is 12.3. The summed E-state index contributed by atoms with van der Waals surface area (Å²) in [7, 11) is 0. The molecular weight excluding hydrogens is 289 g/mol. The Kier molecular flexibility index (Phi) is 6.67. The summed E-state index contributed by atoms with van der Waals surface area (Å²) in [4.78, 5) is 0. The van der Waals surface area contributed by atoms with Crippen molar-refractivity contribution in [3.63, 3.8) is 0 Å². The monoisotopic (exact) mass is 313 g/mol. The van der Waals surface area contributed by atoms with E-state index in [9.17, 15) is 0 Å². The third kappa shape index (κ3) is 4.38. The van der Waals surface area contributed by atoms with Gasteiger partial charge in [-0.2, -0.15) is 0 Å². The molecule has 1 aromatic carbocycles. The van der Waals surface area contributed by atoms with Gasteiger partial charge in [-0.05, 0) is 49.4 Å². The first-order chi connectivity index (χ1) is 9.72. The summed E-state index contributed by atoms with van der Waals surface area (Å²) < 4.78 is 0. The van der Waals surface area contributed by atoms with Crippen LogP contribution in [0.25, 0.3) is 0 Å². The average molecular weight is 314 g/mol. The molecule has 0 amide bonds. The summed E-state index contributed by atoms with van der Waals surface area (Å²) in [5.74, 6) is 1.52. The number of rotatable bonds is 7. The van der Waals surface area contributed by atoms with Crippen LogP contribution in [0, 0.1) is 11.8 Å². The van der Waals surface area contributed by atoms with E-state index < -0.39 is 0 Å². The molecule has 0 aliphatic heterocycles. The van der Waals surface area contributed by atoms with Crippen LogP contribution in [0.15, 0.2) is 18.2 Å². The number of benzene rings is 1. The van der Waals surface area contributed by atoms with Crippen molar-refractivity contribution < 1.29 is 0 Å². The van der Waals surface area contributed by atoms with Crippen molar-refractivity contribution in [2.24, 2.45) is 11.8 Å². The highest BCUT2D eigenvalue weighted by Gasteiger charge is 2.25. The van der Waals surface area contributed by atoms with Crippen LogP contribution in [-0.4, -0.2) is 13.1 Å². The third-order valence-corrected chi connectivity index (χ3v) is 5.27. The molecule has 1 aliphatic rings. The van der Waals surface area contributed by atoms with Crippen LogP contribution in [-0.2, 0) is 6.42 Å². The lowest BCUT2D eigenvalue weighted by atomic mass is 9.85. The first kappa shape index (κ1) is 16.1. The maximum absolute atomic E-state index is 6.35. The van der Waals surface area contributed by atoms with E-state index in [0.29, 0.717) is 10.9 Å². The van der Waals surface area contributed by atoms with E-state index in [1.54, 1.807) is 0 Å². The molecule has 20 heavy (non-hydrogen) atoms. The van der Waals surface area contributed by atoms with E-state index in [1.165, 1.54) is 37.7 Å². The standard InChI is InChI=1S/C17H25Cl2N/c1-2-10-20-12-15(13-6-3-4-7-13)11-14-8-5-9-16(18)17(14)19/h5,8-9,13,15,20H,2-4,6-7,10-12H2,1H3. The summed E-state index contributed by atoms with van der Waals surface area (Å²) in [5, 5.41) is 5.01.